The topological polar surface area (TPSA) is 24.1 Å². The molecule has 0 heterocycles. The molecule has 0 aliphatic carbocycles. The summed E-state index contributed by atoms with van der Waals surface area (Å²) in [6, 6.07) is 13.0. The molecule has 2 aromatic carbocycles. The number of aryl methyl sites for hydroxylation is 4. The van der Waals surface area contributed by atoms with Crippen molar-refractivity contribution in [2.75, 3.05) is 5.32 Å². The van der Waals surface area contributed by atoms with Crippen LogP contribution in [0.2, 0.25) is 0 Å². The van der Waals surface area contributed by atoms with Crippen LogP contribution in [-0.4, -0.2) is 5.11 Å². The van der Waals surface area contributed by atoms with E-state index in [4.69, 9.17) is 12.2 Å². The highest BCUT2D eigenvalue weighted by molar-refractivity contribution is 7.80. The van der Waals surface area contributed by atoms with Crippen molar-refractivity contribution < 1.29 is 0 Å². The van der Waals surface area contributed by atoms with Crippen LogP contribution in [0.3, 0.4) is 0 Å². The van der Waals surface area contributed by atoms with Crippen molar-refractivity contribution in [3.8, 4) is 0 Å². The lowest BCUT2D eigenvalue weighted by Gasteiger charge is -2.20. The number of anilines is 1. The summed E-state index contributed by atoms with van der Waals surface area (Å²) < 4.78 is 0. The van der Waals surface area contributed by atoms with E-state index in [1.54, 1.807) is 0 Å². The number of rotatable bonds is 3. The normalized spacial score (nSPS) is 11.9. The first kappa shape index (κ1) is 16.5. The fourth-order valence-corrected chi connectivity index (χ4v) is 2.90. The van der Waals surface area contributed by atoms with E-state index >= 15 is 0 Å². The molecule has 22 heavy (non-hydrogen) atoms. The maximum atomic E-state index is 5.46. The van der Waals surface area contributed by atoms with Gasteiger partial charge in [-0.3, -0.25) is 0 Å². The first-order valence-corrected chi connectivity index (χ1v) is 7.99. The Morgan fingerprint density at radius 2 is 1.55 bits per heavy atom. The van der Waals surface area contributed by atoms with Gasteiger partial charge in [-0.1, -0.05) is 41.5 Å². The highest BCUT2D eigenvalue weighted by atomic mass is 32.1. The monoisotopic (exact) mass is 312 g/mol. The lowest BCUT2D eigenvalue weighted by atomic mass is 10.0. The Morgan fingerprint density at radius 1 is 0.909 bits per heavy atom. The summed E-state index contributed by atoms with van der Waals surface area (Å²) in [5.74, 6) is 0. The maximum absolute atomic E-state index is 5.46. The molecule has 1 atom stereocenters. The van der Waals surface area contributed by atoms with Gasteiger partial charge in [0.1, 0.15) is 0 Å². The van der Waals surface area contributed by atoms with Crippen LogP contribution < -0.4 is 10.6 Å². The van der Waals surface area contributed by atoms with Gasteiger partial charge in [-0.2, -0.15) is 0 Å². The molecule has 0 spiro atoms. The molecule has 2 rings (SSSR count). The Labute approximate surface area is 139 Å². The van der Waals surface area contributed by atoms with E-state index in [0.717, 1.165) is 5.69 Å². The Bertz CT molecular complexity index is 692. The molecule has 2 aromatic rings. The van der Waals surface area contributed by atoms with Crippen molar-refractivity contribution in [2.45, 2.75) is 40.7 Å². The second-order valence-electron chi connectivity index (χ2n) is 6.00. The molecule has 0 saturated carbocycles. The number of nitrogens with one attached hydrogen (secondary N) is 2. The van der Waals surface area contributed by atoms with Gasteiger partial charge in [0.05, 0.1) is 6.04 Å². The van der Waals surface area contributed by atoms with Crippen LogP contribution in [0.15, 0.2) is 36.4 Å². The molecule has 0 aliphatic heterocycles. The zero-order chi connectivity index (χ0) is 16.3. The summed E-state index contributed by atoms with van der Waals surface area (Å²) in [6.07, 6.45) is 0. The van der Waals surface area contributed by atoms with Gasteiger partial charge < -0.3 is 10.6 Å². The van der Waals surface area contributed by atoms with Gasteiger partial charge in [-0.25, -0.2) is 0 Å². The quantitative estimate of drug-likeness (QED) is 0.783. The average molecular weight is 312 g/mol. The van der Waals surface area contributed by atoms with Gasteiger partial charge in [0, 0.05) is 5.69 Å². The van der Waals surface area contributed by atoms with Gasteiger partial charge in [0.25, 0.3) is 0 Å². The van der Waals surface area contributed by atoms with E-state index in [9.17, 15) is 0 Å². The van der Waals surface area contributed by atoms with Gasteiger partial charge in [0.15, 0.2) is 5.11 Å². The van der Waals surface area contributed by atoms with Crippen molar-refractivity contribution >= 4 is 23.0 Å². The third kappa shape index (κ3) is 4.08. The molecule has 0 fully saturated rings. The molecule has 0 aliphatic rings. The van der Waals surface area contributed by atoms with E-state index < -0.39 is 0 Å². The Balaban J connectivity index is 2.06. The van der Waals surface area contributed by atoms with E-state index in [1.165, 1.54) is 27.8 Å². The number of benzene rings is 2. The number of hydrogen-bond acceptors (Lipinski definition) is 1. The predicted molar refractivity (Wildman–Crippen MR) is 99.6 cm³/mol. The lowest BCUT2D eigenvalue weighted by Crippen LogP contribution is -2.31. The second kappa shape index (κ2) is 6.93. The molecule has 2 nitrogen and oxygen atoms in total. The average Bonchev–Trinajstić information content (AvgIpc) is 2.44. The van der Waals surface area contributed by atoms with Crippen LogP contribution in [0.25, 0.3) is 0 Å². The molecule has 0 bridgehead atoms. The minimum absolute atomic E-state index is 0.172. The standard InChI is InChI=1S/C19H24N2S/c1-12-7-9-18(15(4)10-12)21-19(22)20-16(5)17-11-13(2)6-8-14(17)3/h6-11,16H,1-5H3,(H2,20,21,22)/t16-/m0/s1. The van der Waals surface area contributed by atoms with Crippen molar-refractivity contribution in [3.05, 3.63) is 64.2 Å². The zero-order valence-corrected chi connectivity index (χ0v) is 14.8. The van der Waals surface area contributed by atoms with E-state index in [-0.39, 0.29) is 6.04 Å². The van der Waals surface area contributed by atoms with Gasteiger partial charge >= 0.3 is 0 Å². The summed E-state index contributed by atoms with van der Waals surface area (Å²) in [5, 5.41) is 7.32. The van der Waals surface area contributed by atoms with Crippen molar-refractivity contribution in [2.24, 2.45) is 0 Å². The smallest absolute Gasteiger partial charge is 0.171 e. The van der Waals surface area contributed by atoms with Gasteiger partial charge in [0.2, 0.25) is 0 Å². The first-order chi connectivity index (χ1) is 10.4. The molecule has 116 valence electrons. The fourth-order valence-electron chi connectivity index (χ4n) is 2.61. The van der Waals surface area contributed by atoms with E-state index in [1.807, 2.05) is 0 Å². The fraction of sp³-hybridized carbons (Fsp3) is 0.316. The van der Waals surface area contributed by atoms with Crippen molar-refractivity contribution in [1.82, 2.24) is 5.32 Å². The highest BCUT2D eigenvalue weighted by Crippen LogP contribution is 2.20. The molecule has 0 amide bonds. The van der Waals surface area contributed by atoms with Crippen LogP contribution in [-0.2, 0) is 0 Å². The van der Waals surface area contributed by atoms with E-state index in [0.29, 0.717) is 5.11 Å². The SMILES string of the molecule is Cc1ccc(NC(=S)N[C@@H](C)c2cc(C)ccc2C)c(C)c1. The number of thiocarbonyl (C=S) groups is 1. The molecular weight excluding hydrogens is 288 g/mol. The van der Waals surface area contributed by atoms with Crippen LogP contribution >= 0.6 is 12.2 Å². The molecule has 3 heteroatoms. The van der Waals surface area contributed by atoms with E-state index in [2.05, 4.69) is 81.7 Å². The zero-order valence-electron chi connectivity index (χ0n) is 13.9. The lowest BCUT2D eigenvalue weighted by molar-refractivity contribution is 0.716. The van der Waals surface area contributed by atoms with Crippen molar-refractivity contribution in [3.63, 3.8) is 0 Å². The largest absolute Gasteiger partial charge is 0.356 e. The Hall–Kier alpha value is -1.87. The molecule has 2 N–H and O–H groups in total. The minimum Gasteiger partial charge on any atom is -0.356 e. The molecule has 0 radical (unpaired) electrons. The summed E-state index contributed by atoms with van der Waals surface area (Å²) in [4.78, 5) is 0. The highest BCUT2D eigenvalue weighted by Gasteiger charge is 2.10. The molecule has 0 saturated heterocycles. The summed E-state index contributed by atoms with van der Waals surface area (Å²) in [7, 11) is 0. The third-order valence-corrected chi connectivity index (χ3v) is 4.10. The summed E-state index contributed by atoms with van der Waals surface area (Å²) in [5.41, 5.74) is 7.33. The Morgan fingerprint density at radius 3 is 2.23 bits per heavy atom. The second-order valence-corrected chi connectivity index (χ2v) is 6.41. The maximum Gasteiger partial charge on any atom is 0.171 e. The molecule has 0 unspecified atom stereocenters. The first-order valence-electron chi connectivity index (χ1n) is 7.58. The third-order valence-electron chi connectivity index (χ3n) is 3.88. The van der Waals surface area contributed by atoms with Gasteiger partial charge in [-0.05, 0) is 69.6 Å². The molecule has 0 aromatic heterocycles. The van der Waals surface area contributed by atoms with Crippen LogP contribution in [0.1, 0.15) is 40.8 Å². The minimum atomic E-state index is 0.172. The molecular formula is C19H24N2S. The summed E-state index contributed by atoms with van der Waals surface area (Å²) in [6.45, 7) is 10.6. The van der Waals surface area contributed by atoms with Crippen LogP contribution in [0, 0.1) is 27.7 Å². The van der Waals surface area contributed by atoms with Crippen LogP contribution in [0.4, 0.5) is 5.69 Å². The predicted octanol–water partition coefficient (Wildman–Crippen LogP) is 4.97. The Kier molecular flexibility index (Phi) is 5.19. The van der Waals surface area contributed by atoms with Gasteiger partial charge in [-0.15, -0.1) is 0 Å². The summed E-state index contributed by atoms with van der Waals surface area (Å²) >= 11 is 5.46. The number of hydrogen-bond donors (Lipinski definition) is 2. The van der Waals surface area contributed by atoms with Crippen LogP contribution in [0.5, 0.6) is 0 Å². The van der Waals surface area contributed by atoms with Crippen molar-refractivity contribution in [1.29, 1.82) is 0 Å².